The minimum Gasteiger partial charge on any atom is -0.444 e. The van der Waals surface area contributed by atoms with Gasteiger partial charge in [0.15, 0.2) is 0 Å². The van der Waals surface area contributed by atoms with Crippen molar-refractivity contribution in [2.45, 2.75) is 25.9 Å². The van der Waals surface area contributed by atoms with Gasteiger partial charge >= 0.3 is 12.3 Å². The van der Waals surface area contributed by atoms with Crippen LogP contribution in [0.3, 0.4) is 0 Å². The Hall–Kier alpha value is -4.07. The molecule has 0 aliphatic heterocycles. The molecule has 4 rings (SSSR count). The first kappa shape index (κ1) is 23.1. The summed E-state index contributed by atoms with van der Waals surface area (Å²) in [4.78, 5) is 18.9. The molecule has 1 heterocycles. The van der Waals surface area contributed by atoms with Crippen LogP contribution in [0.15, 0.2) is 97.3 Å². The molecule has 0 saturated heterocycles. The van der Waals surface area contributed by atoms with E-state index < -0.39 is 17.8 Å². The van der Waals surface area contributed by atoms with Crippen molar-refractivity contribution < 1.29 is 22.7 Å². The predicted octanol–water partition coefficient (Wildman–Crippen LogP) is 6.29. The molecule has 0 spiro atoms. The maximum atomic E-state index is 13.0. The number of alkyl halides is 3. The minimum atomic E-state index is -4.42. The Morgan fingerprint density at radius 3 is 2.18 bits per heavy atom. The summed E-state index contributed by atoms with van der Waals surface area (Å²) in [6, 6.07) is 23.4. The molecule has 0 aliphatic rings. The third kappa shape index (κ3) is 5.83. The molecule has 0 saturated carbocycles. The van der Waals surface area contributed by atoms with E-state index in [-0.39, 0.29) is 13.2 Å². The summed E-state index contributed by atoms with van der Waals surface area (Å²) in [6.07, 6.45) is -1.52. The second-order valence-electron chi connectivity index (χ2n) is 7.63. The number of hydrogen-bond acceptors (Lipinski definition) is 3. The Morgan fingerprint density at radius 1 is 0.882 bits per heavy atom. The zero-order valence-electron chi connectivity index (χ0n) is 18.2. The number of hydrogen-bond donors (Lipinski definition) is 0. The number of para-hydroxylation sites is 1. The number of benzene rings is 3. The topological polar surface area (TPSA) is 47.4 Å². The lowest BCUT2D eigenvalue weighted by atomic mass is 10.1. The fourth-order valence-corrected chi connectivity index (χ4v) is 3.44. The lowest BCUT2D eigenvalue weighted by Crippen LogP contribution is -2.32. The third-order valence-electron chi connectivity index (χ3n) is 5.23. The van der Waals surface area contributed by atoms with E-state index in [0.717, 1.165) is 17.7 Å². The van der Waals surface area contributed by atoms with Crippen LogP contribution in [-0.2, 0) is 30.6 Å². The third-order valence-corrected chi connectivity index (χ3v) is 5.23. The number of rotatable bonds is 7. The van der Waals surface area contributed by atoms with Crippen LogP contribution in [0.4, 0.5) is 23.7 Å². The number of aromatic nitrogens is 2. The van der Waals surface area contributed by atoms with E-state index in [4.69, 9.17) is 4.74 Å². The van der Waals surface area contributed by atoms with Crippen LogP contribution in [0, 0.1) is 0 Å². The van der Waals surface area contributed by atoms with Crippen molar-refractivity contribution >= 4 is 11.8 Å². The standard InChI is InChI=1S/C26H22F3N3O2/c27-26(28,29)22-13-11-21(12-14-22)19-34-25(33)32(23-9-5-2-6-10-23)18-24-30-15-16-31(24)17-20-7-3-1-4-8-20/h1-16H,17-19H2. The van der Waals surface area contributed by atoms with Gasteiger partial charge in [0.2, 0.25) is 0 Å². The number of amides is 1. The molecule has 174 valence electrons. The van der Waals surface area contributed by atoms with E-state index in [1.54, 1.807) is 18.3 Å². The zero-order valence-corrected chi connectivity index (χ0v) is 18.2. The molecular formula is C26H22F3N3O2. The quantitative estimate of drug-likeness (QED) is 0.322. The van der Waals surface area contributed by atoms with E-state index in [0.29, 0.717) is 23.6 Å². The Bertz CT molecular complexity index is 1210. The first-order chi connectivity index (χ1) is 16.4. The van der Waals surface area contributed by atoms with Gasteiger partial charge in [-0.2, -0.15) is 13.2 Å². The minimum absolute atomic E-state index is 0.154. The monoisotopic (exact) mass is 465 g/mol. The number of imidazole rings is 1. The number of halogens is 3. The second kappa shape index (κ2) is 10.2. The van der Waals surface area contributed by atoms with Gasteiger partial charge in [0.1, 0.15) is 12.4 Å². The summed E-state index contributed by atoms with van der Waals surface area (Å²) in [5, 5.41) is 0. The molecule has 1 amide bonds. The molecule has 0 N–H and O–H groups in total. The molecule has 0 bridgehead atoms. The van der Waals surface area contributed by atoms with Gasteiger partial charge in [0.25, 0.3) is 0 Å². The summed E-state index contributed by atoms with van der Waals surface area (Å²) >= 11 is 0. The highest BCUT2D eigenvalue weighted by Gasteiger charge is 2.30. The molecule has 3 aromatic carbocycles. The van der Waals surface area contributed by atoms with Gasteiger partial charge in [0, 0.05) is 24.6 Å². The van der Waals surface area contributed by atoms with Gasteiger partial charge in [-0.05, 0) is 35.4 Å². The summed E-state index contributed by atoms with van der Waals surface area (Å²) in [5.74, 6) is 0.666. The molecule has 0 aliphatic carbocycles. The van der Waals surface area contributed by atoms with Crippen molar-refractivity contribution in [2.24, 2.45) is 0 Å². The van der Waals surface area contributed by atoms with E-state index in [1.165, 1.54) is 17.0 Å². The van der Waals surface area contributed by atoms with Crippen LogP contribution in [0.2, 0.25) is 0 Å². The molecule has 0 fully saturated rings. The largest absolute Gasteiger partial charge is 0.444 e. The molecule has 5 nitrogen and oxygen atoms in total. The highest BCUT2D eigenvalue weighted by molar-refractivity contribution is 5.87. The van der Waals surface area contributed by atoms with Crippen LogP contribution in [0.25, 0.3) is 0 Å². The van der Waals surface area contributed by atoms with Crippen molar-refractivity contribution in [1.82, 2.24) is 9.55 Å². The van der Waals surface area contributed by atoms with Crippen LogP contribution in [-0.4, -0.2) is 15.6 Å². The van der Waals surface area contributed by atoms with Crippen LogP contribution < -0.4 is 4.90 Å². The van der Waals surface area contributed by atoms with Crippen molar-refractivity contribution in [3.8, 4) is 0 Å². The second-order valence-corrected chi connectivity index (χ2v) is 7.63. The van der Waals surface area contributed by atoms with Crippen molar-refractivity contribution in [2.75, 3.05) is 4.90 Å². The summed E-state index contributed by atoms with van der Waals surface area (Å²) in [6.45, 7) is 0.605. The van der Waals surface area contributed by atoms with Gasteiger partial charge in [-0.1, -0.05) is 60.7 Å². The Balaban J connectivity index is 1.49. The first-order valence-electron chi connectivity index (χ1n) is 10.6. The summed E-state index contributed by atoms with van der Waals surface area (Å²) in [7, 11) is 0. The van der Waals surface area contributed by atoms with Crippen molar-refractivity contribution in [3.63, 3.8) is 0 Å². The van der Waals surface area contributed by atoms with Crippen molar-refractivity contribution in [3.05, 3.63) is 120 Å². The lowest BCUT2D eigenvalue weighted by Gasteiger charge is -2.22. The molecular weight excluding hydrogens is 443 g/mol. The molecule has 34 heavy (non-hydrogen) atoms. The van der Waals surface area contributed by atoms with E-state index in [2.05, 4.69) is 4.98 Å². The molecule has 4 aromatic rings. The van der Waals surface area contributed by atoms with E-state index in [1.807, 2.05) is 59.3 Å². The number of anilines is 1. The first-order valence-corrected chi connectivity index (χ1v) is 10.6. The van der Waals surface area contributed by atoms with Gasteiger partial charge < -0.3 is 9.30 Å². The average molecular weight is 465 g/mol. The maximum absolute atomic E-state index is 13.0. The molecule has 0 atom stereocenters. The molecule has 1 aromatic heterocycles. The zero-order chi connectivity index (χ0) is 24.0. The lowest BCUT2D eigenvalue weighted by molar-refractivity contribution is -0.137. The molecule has 8 heteroatoms. The van der Waals surface area contributed by atoms with Crippen molar-refractivity contribution in [1.29, 1.82) is 0 Å². The Kier molecular flexibility index (Phi) is 6.96. The highest BCUT2D eigenvalue weighted by Crippen LogP contribution is 2.29. The van der Waals surface area contributed by atoms with E-state index >= 15 is 0 Å². The highest BCUT2D eigenvalue weighted by atomic mass is 19.4. The average Bonchev–Trinajstić information content (AvgIpc) is 3.28. The normalized spacial score (nSPS) is 11.3. The predicted molar refractivity (Wildman–Crippen MR) is 122 cm³/mol. The maximum Gasteiger partial charge on any atom is 0.416 e. The number of ether oxygens (including phenoxy) is 1. The van der Waals surface area contributed by atoms with Gasteiger partial charge in [-0.25, -0.2) is 9.78 Å². The Labute approximate surface area is 195 Å². The number of carbonyl (C=O) groups excluding carboxylic acids is 1. The Morgan fingerprint density at radius 2 is 1.53 bits per heavy atom. The fraction of sp³-hybridized carbons (Fsp3) is 0.154. The SMILES string of the molecule is O=C(OCc1ccc(C(F)(F)F)cc1)N(Cc1nccn1Cc1ccccc1)c1ccccc1. The summed E-state index contributed by atoms with van der Waals surface area (Å²) in [5.41, 5.74) is 1.42. The molecule has 0 radical (unpaired) electrons. The summed E-state index contributed by atoms with van der Waals surface area (Å²) < 4.78 is 45.7. The number of nitrogens with zero attached hydrogens (tertiary/aromatic N) is 3. The van der Waals surface area contributed by atoms with Gasteiger partial charge in [0.05, 0.1) is 12.1 Å². The van der Waals surface area contributed by atoms with Crippen LogP contribution >= 0.6 is 0 Å². The van der Waals surface area contributed by atoms with E-state index in [9.17, 15) is 18.0 Å². The van der Waals surface area contributed by atoms with Gasteiger partial charge in [-0.15, -0.1) is 0 Å². The smallest absolute Gasteiger partial charge is 0.416 e. The number of carbonyl (C=O) groups is 1. The van der Waals surface area contributed by atoms with Gasteiger partial charge in [-0.3, -0.25) is 4.90 Å². The van der Waals surface area contributed by atoms with Crippen LogP contribution in [0.5, 0.6) is 0 Å². The molecule has 0 unspecified atom stereocenters. The van der Waals surface area contributed by atoms with Crippen LogP contribution in [0.1, 0.15) is 22.5 Å². The fourth-order valence-electron chi connectivity index (χ4n) is 3.44.